The molecule has 0 aromatic heterocycles. The minimum absolute atomic E-state index is 0.407. The molecule has 0 aliphatic rings. The number of halogens is 2. The number of hydrogen-bond donors (Lipinski definition) is 0. The number of benzene rings is 2. The highest BCUT2D eigenvalue weighted by Crippen LogP contribution is 2.33. The van der Waals surface area contributed by atoms with Crippen molar-refractivity contribution in [3.05, 3.63) is 58.1 Å². The average Bonchev–Trinajstić information content (AvgIpc) is 2.36. The highest BCUT2D eigenvalue weighted by atomic mass is 35.5. The van der Waals surface area contributed by atoms with Crippen molar-refractivity contribution in [2.75, 3.05) is 11.9 Å². The molecule has 0 aliphatic heterocycles. The molecule has 2 aromatic rings. The maximum atomic E-state index is 6.21. The third kappa shape index (κ3) is 3.05. The van der Waals surface area contributed by atoms with Crippen molar-refractivity contribution in [3.8, 4) is 0 Å². The Morgan fingerprint density at radius 3 is 2.26 bits per heavy atom. The van der Waals surface area contributed by atoms with Gasteiger partial charge in [0.25, 0.3) is 0 Å². The minimum atomic E-state index is 0.407. The predicted molar refractivity (Wildman–Crippen MR) is 85.0 cm³/mol. The predicted octanol–water partition coefficient (Wildman–Crippen LogP) is 5.46. The fraction of sp³-hybridized carbons (Fsp3) is 0.250. The van der Waals surface area contributed by atoms with Crippen molar-refractivity contribution in [3.63, 3.8) is 0 Å². The van der Waals surface area contributed by atoms with E-state index in [0.717, 1.165) is 16.9 Å². The van der Waals surface area contributed by atoms with E-state index < -0.39 is 0 Å². The molecule has 1 nitrogen and oxygen atoms in total. The van der Waals surface area contributed by atoms with Crippen molar-refractivity contribution in [2.45, 2.75) is 19.7 Å². The third-order valence-electron chi connectivity index (χ3n) is 3.18. The molecule has 0 aliphatic carbocycles. The van der Waals surface area contributed by atoms with Crippen LogP contribution in [0.4, 0.5) is 11.4 Å². The Kier molecular flexibility index (Phi) is 4.38. The van der Waals surface area contributed by atoms with Crippen LogP contribution in [0.2, 0.25) is 5.02 Å². The Morgan fingerprint density at radius 2 is 1.68 bits per heavy atom. The molecule has 0 saturated heterocycles. The summed E-state index contributed by atoms with van der Waals surface area (Å²) in [6, 6.07) is 12.3. The zero-order chi connectivity index (χ0) is 14.0. The van der Waals surface area contributed by atoms with E-state index in [1.165, 1.54) is 11.1 Å². The molecule has 19 heavy (non-hydrogen) atoms. The topological polar surface area (TPSA) is 3.24 Å². The first-order valence-corrected chi connectivity index (χ1v) is 7.09. The number of rotatable bonds is 3. The molecule has 2 rings (SSSR count). The van der Waals surface area contributed by atoms with Gasteiger partial charge in [0.05, 0.1) is 5.88 Å². The van der Waals surface area contributed by atoms with Crippen molar-refractivity contribution >= 4 is 34.6 Å². The standard InChI is InChI=1S/C16H17Cl2N/c1-11-7-12(2)9-13(8-11)19(3)16-6-4-5-15(18)14(16)10-17/h4-9H,10H2,1-3H3. The maximum absolute atomic E-state index is 6.21. The van der Waals surface area contributed by atoms with Gasteiger partial charge in [-0.2, -0.15) is 0 Å². The van der Waals surface area contributed by atoms with Gasteiger partial charge in [-0.1, -0.05) is 23.7 Å². The molecule has 0 heterocycles. The summed E-state index contributed by atoms with van der Waals surface area (Å²) in [4.78, 5) is 2.13. The summed E-state index contributed by atoms with van der Waals surface area (Å²) in [7, 11) is 2.04. The molecule has 0 N–H and O–H groups in total. The summed E-state index contributed by atoms with van der Waals surface area (Å²) in [6.07, 6.45) is 0. The molecule has 0 unspecified atom stereocenters. The van der Waals surface area contributed by atoms with Crippen molar-refractivity contribution in [2.24, 2.45) is 0 Å². The molecule has 2 aromatic carbocycles. The smallest absolute Gasteiger partial charge is 0.0509 e. The minimum Gasteiger partial charge on any atom is -0.344 e. The number of nitrogens with zero attached hydrogens (tertiary/aromatic N) is 1. The number of alkyl halides is 1. The lowest BCUT2D eigenvalue weighted by Gasteiger charge is -2.23. The van der Waals surface area contributed by atoms with Crippen LogP contribution in [0.25, 0.3) is 0 Å². The second-order valence-corrected chi connectivity index (χ2v) is 5.45. The van der Waals surface area contributed by atoms with E-state index in [1.807, 2.05) is 25.2 Å². The van der Waals surface area contributed by atoms with Crippen LogP contribution in [0.15, 0.2) is 36.4 Å². The Labute approximate surface area is 124 Å². The van der Waals surface area contributed by atoms with Gasteiger partial charge in [0.15, 0.2) is 0 Å². The molecule has 0 atom stereocenters. The van der Waals surface area contributed by atoms with Crippen LogP contribution in [0.5, 0.6) is 0 Å². The van der Waals surface area contributed by atoms with Gasteiger partial charge in [-0.25, -0.2) is 0 Å². The van der Waals surface area contributed by atoms with Gasteiger partial charge in [0, 0.05) is 29.0 Å². The zero-order valence-corrected chi connectivity index (χ0v) is 12.9. The van der Waals surface area contributed by atoms with Crippen LogP contribution in [-0.2, 0) is 5.88 Å². The van der Waals surface area contributed by atoms with Crippen LogP contribution in [0, 0.1) is 13.8 Å². The third-order valence-corrected chi connectivity index (χ3v) is 3.80. The first-order chi connectivity index (χ1) is 9.02. The summed E-state index contributed by atoms with van der Waals surface area (Å²) < 4.78 is 0. The van der Waals surface area contributed by atoms with Gasteiger partial charge >= 0.3 is 0 Å². The summed E-state index contributed by atoms with van der Waals surface area (Å²) in [6.45, 7) is 4.20. The molecule has 3 heteroatoms. The number of aryl methyl sites for hydroxylation is 2. The Morgan fingerprint density at radius 1 is 1.05 bits per heavy atom. The molecule has 0 spiro atoms. The van der Waals surface area contributed by atoms with Crippen molar-refractivity contribution in [1.29, 1.82) is 0 Å². The van der Waals surface area contributed by atoms with Crippen LogP contribution < -0.4 is 4.90 Å². The van der Waals surface area contributed by atoms with Gasteiger partial charge in [0.1, 0.15) is 0 Å². The molecule has 0 bridgehead atoms. The summed E-state index contributed by atoms with van der Waals surface area (Å²) in [5, 5.41) is 0.712. The normalized spacial score (nSPS) is 10.6. The first-order valence-electron chi connectivity index (χ1n) is 6.18. The lowest BCUT2D eigenvalue weighted by atomic mass is 10.1. The van der Waals surface area contributed by atoms with Crippen molar-refractivity contribution < 1.29 is 0 Å². The summed E-state index contributed by atoms with van der Waals surface area (Å²) in [5.74, 6) is 0.407. The lowest BCUT2D eigenvalue weighted by molar-refractivity contribution is 1.16. The zero-order valence-electron chi connectivity index (χ0n) is 11.4. The lowest BCUT2D eigenvalue weighted by Crippen LogP contribution is -2.12. The Bertz CT molecular complexity index is 573. The summed E-state index contributed by atoms with van der Waals surface area (Å²) in [5.41, 5.74) is 5.65. The van der Waals surface area contributed by atoms with E-state index >= 15 is 0 Å². The molecule has 0 radical (unpaired) electrons. The molecule has 0 amide bonds. The van der Waals surface area contributed by atoms with E-state index in [1.54, 1.807) is 0 Å². The van der Waals surface area contributed by atoms with Gasteiger partial charge in [-0.3, -0.25) is 0 Å². The van der Waals surface area contributed by atoms with Crippen LogP contribution in [0.1, 0.15) is 16.7 Å². The number of hydrogen-bond acceptors (Lipinski definition) is 1. The fourth-order valence-corrected chi connectivity index (χ4v) is 2.86. The number of anilines is 2. The Hall–Kier alpha value is -1.18. The fourth-order valence-electron chi connectivity index (χ4n) is 2.28. The quantitative estimate of drug-likeness (QED) is 0.679. The van der Waals surface area contributed by atoms with Gasteiger partial charge < -0.3 is 4.90 Å². The van der Waals surface area contributed by atoms with Crippen LogP contribution in [-0.4, -0.2) is 7.05 Å². The van der Waals surface area contributed by atoms with Gasteiger partial charge in [0.2, 0.25) is 0 Å². The Balaban J connectivity index is 2.49. The largest absolute Gasteiger partial charge is 0.344 e. The molecular weight excluding hydrogens is 277 g/mol. The van der Waals surface area contributed by atoms with E-state index in [4.69, 9.17) is 23.2 Å². The van der Waals surface area contributed by atoms with Crippen LogP contribution in [0.3, 0.4) is 0 Å². The maximum Gasteiger partial charge on any atom is 0.0509 e. The van der Waals surface area contributed by atoms with E-state index in [-0.39, 0.29) is 0 Å². The highest BCUT2D eigenvalue weighted by molar-refractivity contribution is 6.32. The second kappa shape index (κ2) is 5.85. The molecular formula is C16H17Cl2N. The molecule has 100 valence electrons. The second-order valence-electron chi connectivity index (χ2n) is 4.78. The van der Waals surface area contributed by atoms with Crippen LogP contribution >= 0.6 is 23.2 Å². The molecule has 0 fully saturated rings. The summed E-state index contributed by atoms with van der Waals surface area (Å²) >= 11 is 12.2. The average molecular weight is 294 g/mol. The highest BCUT2D eigenvalue weighted by Gasteiger charge is 2.12. The van der Waals surface area contributed by atoms with Gasteiger partial charge in [-0.05, 0) is 49.2 Å². The monoisotopic (exact) mass is 293 g/mol. The van der Waals surface area contributed by atoms with E-state index in [2.05, 4.69) is 36.9 Å². The SMILES string of the molecule is Cc1cc(C)cc(N(C)c2cccc(Cl)c2CCl)c1. The molecule has 0 saturated carbocycles. The van der Waals surface area contributed by atoms with E-state index in [0.29, 0.717) is 10.9 Å². The van der Waals surface area contributed by atoms with Gasteiger partial charge in [-0.15, -0.1) is 11.6 Å². The van der Waals surface area contributed by atoms with Crippen molar-refractivity contribution in [1.82, 2.24) is 0 Å². The first kappa shape index (κ1) is 14.2. The van der Waals surface area contributed by atoms with E-state index in [9.17, 15) is 0 Å².